The normalized spacial score (nSPS) is 13.1. The van der Waals surface area contributed by atoms with Gasteiger partial charge < -0.3 is 19.5 Å². The molecule has 1 atom stereocenters. The molecule has 5 nitrogen and oxygen atoms in total. The number of carbonyl (C=O) groups excluding carboxylic acids is 2. The minimum absolute atomic E-state index is 0.0165. The van der Waals surface area contributed by atoms with Crippen LogP contribution >= 0.6 is 0 Å². The van der Waals surface area contributed by atoms with Crippen LogP contribution in [0.15, 0.2) is 0 Å². The third kappa shape index (κ3) is 22.3. The maximum Gasteiger partial charge on any atom is 0.306 e. The second kappa shape index (κ2) is 25.7. The lowest BCUT2D eigenvalue weighted by Crippen LogP contribution is -2.31. The molecule has 0 aromatic rings. The molecule has 0 rings (SSSR count). The zero-order valence-corrected chi connectivity index (χ0v) is 24.4. The highest BCUT2D eigenvalue weighted by Gasteiger charge is 2.27. The Morgan fingerprint density at radius 3 is 1.86 bits per heavy atom. The van der Waals surface area contributed by atoms with Gasteiger partial charge in [-0.1, -0.05) is 90.9 Å². The fourth-order valence-electron chi connectivity index (χ4n) is 5.07. The maximum absolute atomic E-state index is 12.5. The van der Waals surface area contributed by atoms with Gasteiger partial charge in [0, 0.05) is 19.4 Å². The van der Waals surface area contributed by atoms with Gasteiger partial charge in [-0.25, -0.2) is 0 Å². The maximum atomic E-state index is 12.5. The van der Waals surface area contributed by atoms with Crippen LogP contribution in [0.2, 0.25) is 0 Å². The van der Waals surface area contributed by atoms with Crippen molar-refractivity contribution in [1.82, 2.24) is 4.90 Å². The molecular formula is C31H61NO4. The Bertz CT molecular complexity index is 499. The van der Waals surface area contributed by atoms with E-state index in [9.17, 15) is 14.7 Å². The van der Waals surface area contributed by atoms with Gasteiger partial charge in [-0.3, -0.25) is 4.79 Å². The molecule has 0 heterocycles. The summed E-state index contributed by atoms with van der Waals surface area (Å²) in [5.74, 6) is -0.0165. The van der Waals surface area contributed by atoms with Crippen LogP contribution in [0.25, 0.3) is 0 Å². The second-order valence-electron chi connectivity index (χ2n) is 11.0. The first-order valence-corrected chi connectivity index (χ1v) is 15.5. The van der Waals surface area contributed by atoms with E-state index in [0.29, 0.717) is 12.8 Å². The molecule has 36 heavy (non-hydrogen) atoms. The summed E-state index contributed by atoms with van der Waals surface area (Å²) in [7, 11) is 0. The highest BCUT2D eigenvalue weighted by atomic mass is 16.6. The average Bonchev–Trinajstić information content (AvgIpc) is 2.85. The molecule has 0 aliphatic carbocycles. The number of carbonyl (C=O) groups is 2. The number of rotatable bonds is 28. The molecule has 0 radical (unpaired) electrons. The average molecular weight is 512 g/mol. The molecule has 0 aliphatic heterocycles. The summed E-state index contributed by atoms with van der Waals surface area (Å²) in [6, 6.07) is 0. The lowest BCUT2D eigenvalue weighted by Gasteiger charge is -2.29. The predicted molar refractivity (Wildman–Crippen MR) is 152 cm³/mol. The third-order valence-corrected chi connectivity index (χ3v) is 7.27. The topological polar surface area (TPSA) is 66.8 Å². The van der Waals surface area contributed by atoms with Crippen molar-refractivity contribution < 1.29 is 19.4 Å². The van der Waals surface area contributed by atoms with Gasteiger partial charge in [0.25, 0.3) is 0 Å². The van der Waals surface area contributed by atoms with Crippen molar-refractivity contribution in [3.8, 4) is 0 Å². The van der Waals surface area contributed by atoms with Crippen molar-refractivity contribution in [1.29, 1.82) is 0 Å². The van der Waals surface area contributed by atoms with E-state index >= 15 is 0 Å². The van der Waals surface area contributed by atoms with Crippen LogP contribution in [-0.4, -0.2) is 54.1 Å². The lowest BCUT2D eigenvalue weighted by molar-refractivity contribution is -0.159. The lowest BCUT2D eigenvalue weighted by atomic mass is 9.92. The van der Waals surface area contributed by atoms with E-state index in [1.165, 1.54) is 57.8 Å². The number of unbranched alkanes of at least 4 members (excludes halogenated alkanes) is 14. The van der Waals surface area contributed by atoms with Crippen molar-refractivity contribution in [2.45, 2.75) is 161 Å². The summed E-state index contributed by atoms with van der Waals surface area (Å²) in [4.78, 5) is 25.2. The number of aliphatic hydroxyl groups excluding tert-OH is 1. The summed E-state index contributed by atoms with van der Waals surface area (Å²) in [5, 5.41) is 9.35. The first-order chi connectivity index (χ1) is 17.5. The summed E-state index contributed by atoms with van der Waals surface area (Å²) in [6.45, 7) is 9.62. The Hall–Kier alpha value is -0.940. The first kappa shape index (κ1) is 35.1. The number of esters is 1. The second-order valence-corrected chi connectivity index (χ2v) is 11.0. The van der Waals surface area contributed by atoms with Crippen LogP contribution in [0.3, 0.4) is 0 Å². The van der Waals surface area contributed by atoms with Crippen LogP contribution in [-0.2, 0) is 14.3 Å². The predicted octanol–water partition coefficient (Wildman–Crippen LogP) is 8.01. The fourth-order valence-corrected chi connectivity index (χ4v) is 5.07. The zero-order valence-electron chi connectivity index (χ0n) is 24.4. The van der Waals surface area contributed by atoms with Gasteiger partial charge in [0.15, 0.2) is 0 Å². The summed E-state index contributed by atoms with van der Waals surface area (Å²) in [5.41, 5.74) is -0.289. The van der Waals surface area contributed by atoms with Gasteiger partial charge in [0.1, 0.15) is 11.9 Å². The SMILES string of the molecule is CCCCCCCCC(C)(CCC)OC(=O)CCCCCCCN(CCO)CCCCCCCC=O. The summed E-state index contributed by atoms with van der Waals surface area (Å²) >= 11 is 0. The minimum Gasteiger partial charge on any atom is -0.459 e. The molecule has 0 aromatic heterocycles. The number of hydrogen-bond donors (Lipinski definition) is 1. The van der Waals surface area contributed by atoms with Crippen LogP contribution in [0.5, 0.6) is 0 Å². The fraction of sp³-hybridized carbons (Fsp3) is 0.935. The Morgan fingerprint density at radius 1 is 0.722 bits per heavy atom. The quantitative estimate of drug-likeness (QED) is 0.0654. The van der Waals surface area contributed by atoms with Crippen molar-refractivity contribution >= 4 is 12.3 Å². The van der Waals surface area contributed by atoms with Crippen molar-refractivity contribution in [2.75, 3.05) is 26.2 Å². The molecule has 0 amide bonds. The van der Waals surface area contributed by atoms with E-state index in [0.717, 1.165) is 90.1 Å². The molecule has 0 fully saturated rings. The van der Waals surface area contributed by atoms with E-state index in [1.807, 2.05) is 0 Å². The zero-order chi connectivity index (χ0) is 26.7. The van der Waals surface area contributed by atoms with Gasteiger partial charge in [0.2, 0.25) is 0 Å². The van der Waals surface area contributed by atoms with Gasteiger partial charge in [-0.2, -0.15) is 0 Å². The molecule has 0 aliphatic rings. The van der Waals surface area contributed by atoms with E-state index in [1.54, 1.807) is 0 Å². The number of hydrogen-bond acceptors (Lipinski definition) is 5. The molecule has 0 bridgehead atoms. The number of aliphatic hydroxyl groups is 1. The van der Waals surface area contributed by atoms with Gasteiger partial charge in [-0.05, 0) is 65.0 Å². The Kier molecular flexibility index (Phi) is 25.0. The number of nitrogens with zero attached hydrogens (tertiary/aromatic N) is 1. The minimum atomic E-state index is -0.289. The molecule has 1 unspecified atom stereocenters. The Labute approximate surface area is 224 Å². The van der Waals surface area contributed by atoms with Crippen LogP contribution in [0, 0.1) is 0 Å². The van der Waals surface area contributed by atoms with Crippen molar-refractivity contribution in [2.24, 2.45) is 0 Å². The molecule has 0 aromatic carbocycles. The highest BCUT2D eigenvalue weighted by Crippen LogP contribution is 2.26. The van der Waals surface area contributed by atoms with E-state index in [4.69, 9.17) is 4.74 Å². The van der Waals surface area contributed by atoms with E-state index < -0.39 is 0 Å². The molecule has 0 saturated carbocycles. The largest absolute Gasteiger partial charge is 0.459 e. The smallest absolute Gasteiger partial charge is 0.306 e. The highest BCUT2D eigenvalue weighted by molar-refractivity contribution is 5.69. The molecule has 0 saturated heterocycles. The van der Waals surface area contributed by atoms with Gasteiger partial charge in [0.05, 0.1) is 6.61 Å². The summed E-state index contributed by atoms with van der Waals surface area (Å²) in [6.07, 6.45) is 24.1. The van der Waals surface area contributed by atoms with Crippen molar-refractivity contribution in [3.63, 3.8) is 0 Å². The number of aldehydes is 1. The molecule has 5 heteroatoms. The van der Waals surface area contributed by atoms with E-state index in [2.05, 4.69) is 25.7 Å². The van der Waals surface area contributed by atoms with Crippen molar-refractivity contribution in [3.05, 3.63) is 0 Å². The Morgan fingerprint density at radius 2 is 1.28 bits per heavy atom. The molecule has 0 spiro atoms. The van der Waals surface area contributed by atoms with Crippen LogP contribution in [0.1, 0.15) is 156 Å². The molecular weight excluding hydrogens is 450 g/mol. The van der Waals surface area contributed by atoms with Crippen LogP contribution in [0.4, 0.5) is 0 Å². The first-order valence-electron chi connectivity index (χ1n) is 15.5. The monoisotopic (exact) mass is 511 g/mol. The van der Waals surface area contributed by atoms with Gasteiger partial charge >= 0.3 is 5.97 Å². The molecule has 214 valence electrons. The molecule has 1 N–H and O–H groups in total. The Balaban J connectivity index is 3.92. The summed E-state index contributed by atoms with van der Waals surface area (Å²) < 4.78 is 5.98. The van der Waals surface area contributed by atoms with E-state index in [-0.39, 0.29) is 18.2 Å². The standard InChI is InChI=1S/C31H61NO4/c1-4-6-7-8-13-18-24-31(3,23-5-2)36-30(35)22-17-12-11-15-20-26-32(27-29-34)25-19-14-9-10-16-21-28-33/h28,34H,4-27,29H2,1-3H3. The number of ether oxygens (including phenoxy) is 1. The van der Waals surface area contributed by atoms with Gasteiger partial charge in [-0.15, -0.1) is 0 Å². The third-order valence-electron chi connectivity index (χ3n) is 7.27. The van der Waals surface area contributed by atoms with Crippen LogP contribution < -0.4 is 0 Å².